The minimum absolute atomic E-state index is 0.171. The highest BCUT2D eigenvalue weighted by atomic mass is 31.3. The predicted octanol–water partition coefficient (Wildman–Crippen LogP) is 0.102. The summed E-state index contributed by atoms with van der Waals surface area (Å²) in [5.74, 6) is -0.171. The van der Waals surface area contributed by atoms with Crippen LogP contribution >= 0.6 is 23.5 Å². The van der Waals surface area contributed by atoms with E-state index in [-0.39, 0.29) is 5.82 Å². The molecule has 0 radical (unpaired) electrons. The van der Waals surface area contributed by atoms with E-state index in [0.29, 0.717) is 11.0 Å². The van der Waals surface area contributed by atoms with E-state index in [0.717, 1.165) is 18.3 Å². The molecule has 1 saturated heterocycles. The van der Waals surface area contributed by atoms with Crippen molar-refractivity contribution in [2.75, 3.05) is 12.3 Å². The number of nitrogen functional groups attached to an aromatic ring is 1. The van der Waals surface area contributed by atoms with E-state index in [1.165, 1.54) is 6.08 Å². The minimum atomic E-state index is -5.80. The summed E-state index contributed by atoms with van der Waals surface area (Å²) in [5, 5.41) is 10.5. The number of rotatable bonds is 10. The molecule has 33 heavy (non-hydrogen) atoms. The Kier molecular flexibility index (Phi) is 8.56. The predicted molar refractivity (Wildman–Crippen MR) is 106 cm³/mol. The molecule has 6 atom stereocenters. The highest BCUT2D eigenvalue weighted by Gasteiger charge is 2.56. The maximum Gasteiger partial charge on any atom is 0.490 e. The van der Waals surface area contributed by atoms with E-state index in [4.69, 9.17) is 20.3 Å². The fourth-order valence-corrected chi connectivity index (χ4v) is 5.78. The number of ether oxygens (including phenoxy) is 1. The summed E-state index contributed by atoms with van der Waals surface area (Å²) in [7, 11) is -17.0. The van der Waals surface area contributed by atoms with Crippen molar-refractivity contribution < 1.29 is 60.6 Å². The van der Waals surface area contributed by atoms with Gasteiger partial charge in [-0.15, -0.1) is 0 Å². The van der Waals surface area contributed by atoms with Crippen LogP contribution in [0.4, 0.5) is 10.2 Å². The molecule has 188 valence electrons. The molecule has 0 amide bonds. The second-order valence-corrected chi connectivity index (χ2v) is 11.0. The number of aliphatic hydroxyl groups is 1. The van der Waals surface area contributed by atoms with Crippen molar-refractivity contribution in [2.24, 2.45) is 0 Å². The van der Waals surface area contributed by atoms with Gasteiger partial charge in [-0.25, -0.2) is 22.9 Å². The average Bonchev–Trinajstić information content (AvgIpc) is 2.88. The molecular weight excluding hydrogens is 518 g/mol. The van der Waals surface area contributed by atoms with Crippen LogP contribution in [0.25, 0.3) is 0 Å². The van der Waals surface area contributed by atoms with Gasteiger partial charge in [-0.2, -0.15) is 13.6 Å². The Morgan fingerprint density at radius 1 is 1.27 bits per heavy atom. The van der Waals surface area contributed by atoms with Crippen LogP contribution in [0.3, 0.4) is 0 Å². The van der Waals surface area contributed by atoms with Crippen LogP contribution in [-0.2, 0) is 31.6 Å². The van der Waals surface area contributed by atoms with E-state index >= 15 is 0 Å². The van der Waals surface area contributed by atoms with Crippen molar-refractivity contribution >= 4 is 29.3 Å². The molecule has 0 bridgehead atoms. The molecule has 2 heterocycles. The molecule has 0 spiro atoms. The van der Waals surface area contributed by atoms with Crippen LogP contribution in [0.5, 0.6) is 0 Å². The normalized spacial score (nSPS) is 29.7. The monoisotopic (exact) mass is 539 g/mol. The third-order valence-corrected chi connectivity index (χ3v) is 7.83. The average molecular weight is 539 g/mol. The molecule has 20 heteroatoms. The fraction of sp³-hybridized carbons (Fsp3) is 0.538. The topological polar surface area (TPSA) is 250 Å². The van der Waals surface area contributed by atoms with Crippen molar-refractivity contribution in [2.45, 2.75) is 37.4 Å². The van der Waals surface area contributed by atoms with Gasteiger partial charge in [0.2, 0.25) is 0 Å². The van der Waals surface area contributed by atoms with E-state index in [2.05, 4.69) is 18.1 Å². The molecule has 16 nitrogen and oxygen atoms in total. The van der Waals surface area contributed by atoms with Crippen LogP contribution in [0.1, 0.15) is 19.6 Å². The molecule has 0 aromatic carbocycles. The van der Waals surface area contributed by atoms with Gasteiger partial charge in [0.25, 0.3) is 0 Å². The second kappa shape index (κ2) is 10.1. The van der Waals surface area contributed by atoms with Gasteiger partial charge in [0, 0.05) is 6.20 Å². The lowest BCUT2D eigenvalue weighted by molar-refractivity contribution is -0.0967. The largest absolute Gasteiger partial charge is 0.490 e. The number of halogens is 1. The standard InChI is InChI=1S/C13H21FN3O13P3/c1-2-3-5-13(7-27-32(23,24)30-33(25,26)29-31(20,21)22)10(18)9(14)11(28-13)17-6-4-8(15)16-12(17)19/h3-6,9-11,18H,2,7H2,1H3,(H,23,24)(H,25,26)(H2,15,16,19)(H2,20,21,22)/b5-3+/t9-,10+,11-,13-/m1/s1. The summed E-state index contributed by atoms with van der Waals surface area (Å²) in [6.45, 7) is 0.467. The lowest BCUT2D eigenvalue weighted by atomic mass is 9.96. The summed E-state index contributed by atoms with van der Waals surface area (Å²) in [5.41, 5.74) is 2.13. The maximum atomic E-state index is 14.9. The van der Waals surface area contributed by atoms with Crippen LogP contribution in [0, 0.1) is 0 Å². The number of phosphoric ester groups is 1. The molecule has 7 N–H and O–H groups in total. The lowest BCUT2D eigenvalue weighted by Crippen LogP contribution is -2.44. The van der Waals surface area contributed by atoms with Gasteiger partial charge < -0.3 is 35.2 Å². The first kappa shape index (κ1) is 27.9. The first-order chi connectivity index (χ1) is 15.0. The summed E-state index contributed by atoms with van der Waals surface area (Å²) in [6, 6.07) is 1.15. The number of nitrogens with two attached hydrogens (primary N) is 1. The number of hydrogen-bond donors (Lipinski definition) is 6. The Hall–Kier alpha value is -1.32. The molecule has 1 aromatic rings. The van der Waals surface area contributed by atoms with Gasteiger partial charge in [0.05, 0.1) is 6.61 Å². The van der Waals surface area contributed by atoms with E-state index < -0.39 is 59.9 Å². The third kappa shape index (κ3) is 7.33. The zero-order chi connectivity index (χ0) is 25.2. The van der Waals surface area contributed by atoms with Crippen LogP contribution in [-0.4, -0.2) is 58.7 Å². The maximum absolute atomic E-state index is 14.9. The van der Waals surface area contributed by atoms with Gasteiger partial charge in [-0.1, -0.05) is 19.1 Å². The van der Waals surface area contributed by atoms with Crippen LogP contribution in [0.2, 0.25) is 0 Å². The summed E-state index contributed by atoms with van der Waals surface area (Å²) in [6.07, 6.45) is -2.38. The zero-order valence-electron chi connectivity index (χ0n) is 16.6. The van der Waals surface area contributed by atoms with E-state index in [9.17, 15) is 37.8 Å². The van der Waals surface area contributed by atoms with E-state index in [1.54, 1.807) is 6.92 Å². The van der Waals surface area contributed by atoms with Crippen molar-refractivity contribution in [3.8, 4) is 0 Å². The number of allylic oxidation sites excluding steroid dienone is 1. The summed E-state index contributed by atoms with van der Waals surface area (Å²) < 4.78 is 66.9. The van der Waals surface area contributed by atoms with Gasteiger partial charge in [-0.05, 0) is 12.5 Å². The number of nitrogens with zero attached hydrogens (tertiary/aromatic N) is 2. The number of phosphoric acid groups is 3. The number of aromatic nitrogens is 2. The number of aliphatic hydroxyl groups excluding tert-OH is 1. The second-order valence-electron chi connectivity index (χ2n) is 6.57. The zero-order valence-corrected chi connectivity index (χ0v) is 19.3. The van der Waals surface area contributed by atoms with Crippen molar-refractivity contribution in [3.63, 3.8) is 0 Å². The van der Waals surface area contributed by atoms with E-state index in [1.807, 2.05) is 0 Å². The van der Waals surface area contributed by atoms with Crippen LogP contribution < -0.4 is 11.4 Å². The molecule has 1 aliphatic heterocycles. The number of hydrogen-bond acceptors (Lipinski definition) is 11. The highest BCUT2D eigenvalue weighted by Crippen LogP contribution is 2.66. The molecule has 0 aliphatic carbocycles. The highest BCUT2D eigenvalue weighted by molar-refractivity contribution is 7.66. The molecule has 1 aliphatic rings. The first-order valence-corrected chi connectivity index (χ1v) is 13.3. The van der Waals surface area contributed by atoms with Crippen molar-refractivity contribution in [3.05, 3.63) is 34.9 Å². The SMILES string of the molecule is CC/C=C/[C@]1(COP(=O)(O)OP(=O)(O)OP(=O)(O)O)O[C@@H](n2ccc(N)nc2=O)[C@H](F)[C@@H]1O. The summed E-state index contributed by atoms with van der Waals surface area (Å²) in [4.78, 5) is 51.4. The quantitative estimate of drug-likeness (QED) is 0.170. The molecule has 1 aromatic heterocycles. The Bertz CT molecular complexity index is 1090. The Balaban J connectivity index is 2.30. The van der Waals surface area contributed by atoms with Crippen molar-refractivity contribution in [1.29, 1.82) is 0 Å². The van der Waals surface area contributed by atoms with Gasteiger partial charge in [0.15, 0.2) is 12.4 Å². The van der Waals surface area contributed by atoms with Gasteiger partial charge in [-0.3, -0.25) is 9.09 Å². The van der Waals surface area contributed by atoms with Gasteiger partial charge in [0.1, 0.15) is 17.5 Å². The number of alkyl halides is 1. The molecule has 0 saturated carbocycles. The van der Waals surface area contributed by atoms with Crippen molar-refractivity contribution in [1.82, 2.24) is 9.55 Å². The van der Waals surface area contributed by atoms with Gasteiger partial charge >= 0.3 is 29.2 Å². The first-order valence-electron chi connectivity index (χ1n) is 8.81. The Morgan fingerprint density at radius 3 is 2.45 bits per heavy atom. The fourth-order valence-electron chi connectivity index (χ4n) is 2.72. The van der Waals surface area contributed by atoms with Crippen LogP contribution in [0.15, 0.2) is 29.2 Å². The molecule has 2 unspecified atom stereocenters. The third-order valence-electron chi connectivity index (χ3n) is 4.05. The smallest absolute Gasteiger partial charge is 0.386 e. The Labute approximate surface area is 184 Å². The Morgan fingerprint density at radius 2 is 1.91 bits per heavy atom. The lowest BCUT2D eigenvalue weighted by Gasteiger charge is -2.29. The molecular formula is C13H21FN3O13P3. The minimum Gasteiger partial charge on any atom is -0.386 e. The molecule has 1 fully saturated rings. The summed E-state index contributed by atoms with van der Waals surface area (Å²) >= 11 is 0. The molecule has 2 rings (SSSR count). The number of anilines is 1.